The van der Waals surface area contributed by atoms with Crippen molar-refractivity contribution in [2.45, 2.75) is 63.2 Å². The summed E-state index contributed by atoms with van der Waals surface area (Å²) in [4.78, 5) is 20.9. The molecule has 8 nitrogen and oxygen atoms in total. The monoisotopic (exact) mass is 504 g/mol. The Labute approximate surface area is 205 Å². The molecule has 0 spiro atoms. The van der Waals surface area contributed by atoms with Crippen molar-refractivity contribution in [3.05, 3.63) is 47.5 Å². The number of H-pyrrole nitrogens is 1. The molecule has 1 amide bonds. The van der Waals surface area contributed by atoms with Crippen LogP contribution in [0.15, 0.2) is 34.9 Å². The Bertz CT molecular complexity index is 1220. The van der Waals surface area contributed by atoms with E-state index in [9.17, 15) is 18.1 Å². The summed E-state index contributed by atoms with van der Waals surface area (Å²) in [6.45, 7) is 5.56. The van der Waals surface area contributed by atoms with Gasteiger partial charge in [-0.2, -0.15) is 5.10 Å². The van der Waals surface area contributed by atoms with Crippen LogP contribution in [-0.2, 0) is 18.4 Å². The van der Waals surface area contributed by atoms with Crippen LogP contribution in [0.4, 0.5) is 8.78 Å². The van der Waals surface area contributed by atoms with Crippen molar-refractivity contribution < 1.29 is 18.1 Å². The third-order valence-electron chi connectivity index (χ3n) is 6.21. The van der Waals surface area contributed by atoms with E-state index in [2.05, 4.69) is 19.8 Å². The van der Waals surface area contributed by atoms with Gasteiger partial charge < -0.3 is 14.9 Å². The summed E-state index contributed by atoms with van der Waals surface area (Å²) >= 11 is -1.38. The molecule has 2 aromatic heterocycles. The Morgan fingerprint density at radius 3 is 2.69 bits per heavy atom. The Balaban J connectivity index is 1.62. The number of benzene rings is 1. The number of aromatic amines is 1. The first-order chi connectivity index (χ1) is 16.4. The smallest absolute Gasteiger partial charge is 0.270 e. The van der Waals surface area contributed by atoms with Crippen molar-refractivity contribution in [1.29, 1.82) is 0 Å². The van der Waals surface area contributed by atoms with Crippen molar-refractivity contribution in [2.24, 2.45) is 17.4 Å². The van der Waals surface area contributed by atoms with Crippen LogP contribution < -0.4 is 5.32 Å². The number of carbonyl (C=O) groups excluding carboxylic acids is 1. The molecule has 2 atom stereocenters. The number of carbonyl (C=O) groups is 1. The van der Waals surface area contributed by atoms with Crippen molar-refractivity contribution >= 4 is 34.5 Å². The van der Waals surface area contributed by atoms with Gasteiger partial charge in [0.2, 0.25) is 5.92 Å². The van der Waals surface area contributed by atoms with Crippen molar-refractivity contribution in [3.8, 4) is 0 Å². The van der Waals surface area contributed by atoms with Crippen LogP contribution in [0.1, 0.15) is 74.4 Å². The number of alkyl halides is 2. The zero-order valence-electron chi connectivity index (χ0n) is 20.2. The zero-order chi connectivity index (χ0) is 25.4. The van der Waals surface area contributed by atoms with Crippen LogP contribution in [0, 0.1) is 5.92 Å². The molecule has 0 bridgehead atoms. The van der Waals surface area contributed by atoms with Gasteiger partial charge in [-0.3, -0.25) is 9.48 Å². The first kappa shape index (κ1) is 25.3. The molecular formula is C24H30F2N6O2S. The normalized spacial score (nSPS) is 18.7. The van der Waals surface area contributed by atoms with Crippen LogP contribution in [0.2, 0.25) is 0 Å². The summed E-state index contributed by atoms with van der Waals surface area (Å²) in [5, 5.41) is 7.04. The summed E-state index contributed by atoms with van der Waals surface area (Å²) < 4.78 is 45.1. The van der Waals surface area contributed by atoms with Gasteiger partial charge in [0.1, 0.15) is 27.6 Å². The first-order valence-electron chi connectivity index (χ1n) is 11.6. The van der Waals surface area contributed by atoms with Crippen molar-refractivity contribution in [3.63, 3.8) is 0 Å². The minimum atomic E-state index is -2.68. The average molecular weight is 505 g/mol. The molecule has 0 unspecified atom stereocenters. The predicted molar refractivity (Wildman–Crippen MR) is 132 cm³/mol. The number of amides is 1. The molecular weight excluding hydrogens is 474 g/mol. The molecule has 0 saturated heterocycles. The fourth-order valence-electron chi connectivity index (χ4n) is 4.15. The van der Waals surface area contributed by atoms with Gasteiger partial charge in [-0.15, -0.1) is 0 Å². The summed E-state index contributed by atoms with van der Waals surface area (Å²) in [6, 6.07) is 6.52. The zero-order valence-corrected chi connectivity index (χ0v) is 21.0. The van der Waals surface area contributed by atoms with E-state index in [1.165, 1.54) is 10.9 Å². The Kier molecular flexibility index (Phi) is 7.01. The van der Waals surface area contributed by atoms with Crippen LogP contribution >= 0.6 is 0 Å². The van der Waals surface area contributed by atoms with E-state index < -0.39 is 28.1 Å². The molecule has 0 aliphatic heterocycles. The van der Waals surface area contributed by atoms with E-state index in [1.54, 1.807) is 19.3 Å². The van der Waals surface area contributed by atoms with Gasteiger partial charge in [0.05, 0.1) is 23.3 Å². The lowest BCUT2D eigenvalue weighted by Crippen LogP contribution is -2.38. The number of hydrogen-bond donors (Lipinski definition) is 2. The van der Waals surface area contributed by atoms with Crippen LogP contribution in [-0.4, -0.2) is 47.1 Å². The van der Waals surface area contributed by atoms with E-state index in [4.69, 9.17) is 4.98 Å². The summed E-state index contributed by atoms with van der Waals surface area (Å²) in [7, 11) is 1.67. The second kappa shape index (κ2) is 9.69. The number of aromatic nitrogens is 4. The van der Waals surface area contributed by atoms with Gasteiger partial charge in [-0.1, -0.05) is 10.5 Å². The second-order valence-electron chi connectivity index (χ2n) is 9.98. The number of nitrogens with one attached hydrogen (secondary N) is 2. The predicted octanol–water partition coefficient (Wildman–Crippen LogP) is 4.47. The third kappa shape index (κ3) is 5.90. The van der Waals surface area contributed by atoms with E-state index in [-0.39, 0.29) is 37.5 Å². The van der Waals surface area contributed by atoms with E-state index in [1.807, 2.05) is 39.0 Å². The van der Waals surface area contributed by atoms with Crippen LogP contribution in [0.5, 0.6) is 0 Å². The Morgan fingerprint density at radius 1 is 1.34 bits per heavy atom. The average Bonchev–Trinajstić information content (AvgIpc) is 3.40. The molecule has 4 rings (SSSR count). The number of imidazole rings is 1. The molecule has 1 aliphatic rings. The van der Waals surface area contributed by atoms with E-state index >= 15 is 0 Å². The molecule has 188 valence electrons. The highest BCUT2D eigenvalue weighted by molar-refractivity contribution is 7.91. The SMILES string of the molecule is Cn1nccc1C(=O)N[C@H](c1nc2cc(/C=N/[S@@+]([O-])C(C)(C)C)ccc2[nH]1)C1CCC(F)(F)CC1. The number of halogens is 2. The second-order valence-corrected chi connectivity index (χ2v) is 11.9. The molecule has 0 radical (unpaired) electrons. The lowest BCUT2D eigenvalue weighted by atomic mass is 9.81. The maximum atomic E-state index is 13.8. The standard InChI is InChI=1S/C24H30F2N6O2S/c1-23(2,3)35(34)28-14-15-5-6-17-18(13-15)30-21(29-17)20(16-7-10-24(25,26)11-8-16)31-22(33)19-9-12-27-32(19)4/h5-6,9,12-14,16,20H,7-8,10-11H2,1-4H3,(H,29,30)(H,31,33)/b28-14+/t20-,35-/m0/s1. The van der Waals surface area contributed by atoms with Gasteiger partial charge >= 0.3 is 0 Å². The van der Waals surface area contributed by atoms with Gasteiger partial charge in [0.25, 0.3) is 5.91 Å². The molecule has 35 heavy (non-hydrogen) atoms. The van der Waals surface area contributed by atoms with Gasteiger partial charge in [0.15, 0.2) is 0 Å². The largest absolute Gasteiger partial charge is 0.591 e. The molecule has 1 saturated carbocycles. The van der Waals surface area contributed by atoms with Crippen molar-refractivity contribution in [1.82, 2.24) is 25.1 Å². The molecule has 1 aliphatic carbocycles. The van der Waals surface area contributed by atoms with Gasteiger partial charge in [-0.05, 0) is 63.3 Å². The molecule has 3 aromatic rings. The fraction of sp³-hybridized carbons (Fsp3) is 0.500. The lowest BCUT2D eigenvalue weighted by molar-refractivity contribution is -0.0496. The Morgan fingerprint density at radius 2 is 2.06 bits per heavy atom. The van der Waals surface area contributed by atoms with Crippen molar-refractivity contribution in [2.75, 3.05) is 0 Å². The highest BCUT2D eigenvalue weighted by Gasteiger charge is 2.39. The molecule has 1 fully saturated rings. The third-order valence-corrected chi connectivity index (χ3v) is 7.56. The minimum absolute atomic E-state index is 0.192. The maximum absolute atomic E-state index is 13.8. The number of fused-ring (bicyclic) bond motifs is 1. The maximum Gasteiger partial charge on any atom is 0.270 e. The highest BCUT2D eigenvalue weighted by atomic mass is 32.2. The molecule has 1 aromatic carbocycles. The number of aryl methyl sites for hydroxylation is 1. The van der Waals surface area contributed by atoms with Crippen LogP contribution in [0.3, 0.4) is 0 Å². The first-order valence-corrected chi connectivity index (χ1v) is 12.7. The van der Waals surface area contributed by atoms with Gasteiger partial charge in [0, 0.05) is 26.1 Å². The van der Waals surface area contributed by atoms with E-state index in [0.29, 0.717) is 17.0 Å². The quantitative estimate of drug-likeness (QED) is 0.381. The summed E-state index contributed by atoms with van der Waals surface area (Å²) in [6.07, 6.45) is 3.19. The van der Waals surface area contributed by atoms with E-state index in [0.717, 1.165) is 11.1 Å². The number of nitrogens with zero attached hydrogens (tertiary/aromatic N) is 4. The fourth-order valence-corrected chi connectivity index (χ4v) is 4.69. The van der Waals surface area contributed by atoms with Gasteiger partial charge in [-0.25, -0.2) is 13.8 Å². The number of hydrogen-bond acceptors (Lipinski definition) is 5. The molecule has 11 heteroatoms. The van der Waals surface area contributed by atoms with Crippen LogP contribution in [0.25, 0.3) is 11.0 Å². The number of rotatable bonds is 6. The topological polar surface area (TPSA) is 111 Å². The lowest BCUT2D eigenvalue weighted by Gasteiger charge is -2.33. The summed E-state index contributed by atoms with van der Waals surface area (Å²) in [5.41, 5.74) is 2.50. The highest BCUT2D eigenvalue weighted by Crippen LogP contribution is 2.41. The minimum Gasteiger partial charge on any atom is -0.591 e. The Hall–Kier alpha value is -2.79. The molecule has 2 N–H and O–H groups in total. The molecule has 2 heterocycles. The summed E-state index contributed by atoms with van der Waals surface area (Å²) in [5.74, 6) is -2.70.